The van der Waals surface area contributed by atoms with Gasteiger partial charge in [0.1, 0.15) is 5.82 Å². The molecule has 0 saturated carbocycles. The number of nitrogens with one attached hydrogen (secondary N) is 3. The molecular weight excluding hydrogens is 316 g/mol. The van der Waals surface area contributed by atoms with Gasteiger partial charge in [-0.1, -0.05) is 17.7 Å². The van der Waals surface area contributed by atoms with Crippen LogP contribution in [-0.2, 0) is 0 Å². The molecule has 0 aliphatic heterocycles. The van der Waals surface area contributed by atoms with Gasteiger partial charge in [-0.2, -0.15) is 0 Å². The lowest BCUT2D eigenvalue weighted by molar-refractivity contribution is 0.585. The molecule has 2 rings (SSSR count). The molecule has 0 heterocycles. The first-order valence-electron chi connectivity index (χ1n) is 6.00. The van der Waals surface area contributed by atoms with Crippen LogP contribution < -0.4 is 16.2 Å². The predicted octanol–water partition coefficient (Wildman–Crippen LogP) is 4.24. The van der Waals surface area contributed by atoms with Gasteiger partial charge in [0.15, 0.2) is 10.9 Å². The molecule has 0 bridgehead atoms. The van der Waals surface area contributed by atoms with Gasteiger partial charge in [0.05, 0.1) is 5.69 Å². The van der Waals surface area contributed by atoms with Gasteiger partial charge in [-0.3, -0.25) is 10.9 Å². The maximum atomic E-state index is 13.4. The standard InChI is InChI=1S/C14H12ClF2N3S/c1-8-2-4-10(7-11(8)15)18-14(21)20-19-13-5-3-9(16)6-12(13)17/h2-7,19H,1H3,(H2,18,20,21). The maximum absolute atomic E-state index is 13.4. The van der Waals surface area contributed by atoms with Crippen LogP contribution in [0.4, 0.5) is 20.2 Å². The quantitative estimate of drug-likeness (QED) is 0.582. The molecule has 3 N–H and O–H groups in total. The summed E-state index contributed by atoms with van der Waals surface area (Å²) in [4.78, 5) is 0. The molecule has 0 unspecified atom stereocenters. The van der Waals surface area contributed by atoms with Gasteiger partial charge >= 0.3 is 0 Å². The van der Waals surface area contributed by atoms with Crippen molar-refractivity contribution in [1.29, 1.82) is 0 Å². The van der Waals surface area contributed by atoms with Crippen molar-refractivity contribution in [3.05, 3.63) is 58.6 Å². The van der Waals surface area contributed by atoms with E-state index in [0.717, 1.165) is 17.7 Å². The molecule has 2 aromatic rings. The summed E-state index contributed by atoms with van der Waals surface area (Å²) in [6.45, 7) is 1.89. The molecule has 0 aliphatic carbocycles. The summed E-state index contributed by atoms with van der Waals surface area (Å²) in [5, 5.41) is 3.72. The molecule has 0 fully saturated rings. The molecule has 2 aromatic carbocycles. The number of thiocarbonyl (C=S) groups is 1. The Hall–Kier alpha value is -1.92. The Kier molecular flexibility index (Phi) is 4.93. The first-order valence-corrected chi connectivity index (χ1v) is 6.78. The van der Waals surface area contributed by atoms with Crippen LogP contribution in [0.2, 0.25) is 5.02 Å². The predicted molar refractivity (Wildman–Crippen MR) is 85.5 cm³/mol. The van der Waals surface area contributed by atoms with E-state index in [1.807, 2.05) is 19.1 Å². The average Bonchev–Trinajstić information content (AvgIpc) is 2.42. The van der Waals surface area contributed by atoms with Gasteiger partial charge in [-0.05, 0) is 49.0 Å². The zero-order valence-corrected chi connectivity index (χ0v) is 12.6. The van der Waals surface area contributed by atoms with E-state index in [1.54, 1.807) is 6.07 Å². The Morgan fingerprint density at radius 2 is 1.90 bits per heavy atom. The Morgan fingerprint density at radius 1 is 1.14 bits per heavy atom. The highest BCUT2D eigenvalue weighted by Gasteiger charge is 2.04. The Morgan fingerprint density at radius 3 is 2.57 bits per heavy atom. The number of hydrogen-bond donors (Lipinski definition) is 3. The lowest BCUT2D eigenvalue weighted by Crippen LogP contribution is -2.33. The van der Waals surface area contributed by atoms with Crippen molar-refractivity contribution >= 4 is 40.3 Å². The summed E-state index contributed by atoms with van der Waals surface area (Å²) in [6.07, 6.45) is 0. The van der Waals surface area contributed by atoms with Gasteiger partial charge in [0.25, 0.3) is 0 Å². The highest BCUT2D eigenvalue weighted by atomic mass is 35.5. The van der Waals surface area contributed by atoms with Gasteiger partial charge in [0.2, 0.25) is 0 Å². The molecular formula is C14H12ClF2N3S. The highest BCUT2D eigenvalue weighted by Crippen LogP contribution is 2.20. The number of anilines is 2. The van der Waals surface area contributed by atoms with E-state index in [-0.39, 0.29) is 10.8 Å². The van der Waals surface area contributed by atoms with Crippen LogP contribution in [0.15, 0.2) is 36.4 Å². The maximum Gasteiger partial charge on any atom is 0.189 e. The van der Waals surface area contributed by atoms with E-state index in [2.05, 4.69) is 16.2 Å². The smallest absolute Gasteiger partial charge is 0.189 e. The van der Waals surface area contributed by atoms with Crippen LogP contribution >= 0.6 is 23.8 Å². The molecule has 0 aliphatic rings. The average molecular weight is 328 g/mol. The Balaban J connectivity index is 1.94. The van der Waals surface area contributed by atoms with Crippen molar-refractivity contribution in [3.8, 4) is 0 Å². The largest absolute Gasteiger partial charge is 0.331 e. The van der Waals surface area contributed by atoms with Crippen molar-refractivity contribution in [3.63, 3.8) is 0 Å². The van der Waals surface area contributed by atoms with E-state index >= 15 is 0 Å². The summed E-state index contributed by atoms with van der Waals surface area (Å²) >= 11 is 11.1. The highest BCUT2D eigenvalue weighted by molar-refractivity contribution is 7.80. The van der Waals surface area contributed by atoms with Crippen LogP contribution in [0.1, 0.15) is 5.56 Å². The molecule has 21 heavy (non-hydrogen) atoms. The van der Waals surface area contributed by atoms with Crippen LogP contribution in [-0.4, -0.2) is 5.11 Å². The van der Waals surface area contributed by atoms with Gasteiger partial charge in [-0.15, -0.1) is 0 Å². The van der Waals surface area contributed by atoms with E-state index in [4.69, 9.17) is 23.8 Å². The molecule has 0 atom stereocenters. The lowest BCUT2D eigenvalue weighted by atomic mass is 10.2. The number of hydrazine groups is 1. The summed E-state index contributed by atoms with van der Waals surface area (Å²) in [5.41, 5.74) is 6.90. The Labute approximate surface area is 131 Å². The number of rotatable bonds is 3. The zero-order valence-electron chi connectivity index (χ0n) is 11.0. The first kappa shape index (κ1) is 15.5. The second-order valence-electron chi connectivity index (χ2n) is 4.29. The van der Waals surface area contributed by atoms with Crippen LogP contribution in [0.5, 0.6) is 0 Å². The summed E-state index contributed by atoms with van der Waals surface area (Å²) in [6, 6.07) is 8.57. The third kappa shape index (κ3) is 4.27. The number of hydrogen-bond acceptors (Lipinski definition) is 2. The number of halogens is 3. The van der Waals surface area contributed by atoms with Crippen LogP contribution in [0.3, 0.4) is 0 Å². The number of benzene rings is 2. The molecule has 7 heteroatoms. The Bertz CT molecular complexity index is 679. The minimum atomic E-state index is -0.719. The van der Waals surface area contributed by atoms with Crippen molar-refractivity contribution < 1.29 is 8.78 Å². The van der Waals surface area contributed by atoms with E-state index in [0.29, 0.717) is 10.7 Å². The SMILES string of the molecule is Cc1ccc(NC(=S)NNc2ccc(F)cc2F)cc1Cl. The van der Waals surface area contributed by atoms with E-state index < -0.39 is 11.6 Å². The van der Waals surface area contributed by atoms with E-state index in [9.17, 15) is 8.78 Å². The third-order valence-corrected chi connectivity index (χ3v) is 3.28. The van der Waals surface area contributed by atoms with Crippen molar-refractivity contribution in [2.45, 2.75) is 6.92 Å². The number of aryl methyl sites for hydroxylation is 1. The first-order chi connectivity index (χ1) is 9.95. The fourth-order valence-corrected chi connectivity index (χ4v) is 1.90. The normalized spacial score (nSPS) is 10.1. The third-order valence-electron chi connectivity index (χ3n) is 2.67. The van der Waals surface area contributed by atoms with Gasteiger partial charge in [0, 0.05) is 16.8 Å². The molecule has 3 nitrogen and oxygen atoms in total. The fraction of sp³-hybridized carbons (Fsp3) is 0.0714. The lowest BCUT2D eigenvalue weighted by Gasteiger charge is -2.13. The topological polar surface area (TPSA) is 36.1 Å². The van der Waals surface area contributed by atoms with Gasteiger partial charge in [-0.25, -0.2) is 8.78 Å². The van der Waals surface area contributed by atoms with Crippen molar-refractivity contribution in [2.24, 2.45) is 0 Å². The fourth-order valence-electron chi connectivity index (χ4n) is 1.55. The minimum Gasteiger partial charge on any atom is -0.331 e. The van der Waals surface area contributed by atoms with E-state index in [1.165, 1.54) is 6.07 Å². The minimum absolute atomic E-state index is 0.0856. The van der Waals surface area contributed by atoms with Crippen molar-refractivity contribution in [2.75, 3.05) is 10.7 Å². The molecule has 0 radical (unpaired) electrons. The summed E-state index contributed by atoms with van der Waals surface area (Å²) in [5.74, 6) is -1.36. The monoisotopic (exact) mass is 327 g/mol. The summed E-state index contributed by atoms with van der Waals surface area (Å²) in [7, 11) is 0. The second-order valence-corrected chi connectivity index (χ2v) is 5.11. The zero-order chi connectivity index (χ0) is 15.4. The molecule has 0 aromatic heterocycles. The summed E-state index contributed by atoms with van der Waals surface area (Å²) < 4.78 is 26.2. The molecule has 0 spiro atoms. The van der Waals surface area contributed by atoms with Crippen LogP contribution in [0, 0.1) is 18.6 Å². The molecule has 0 amide bonds. The van der Waals surface area contributed by atoms with Crippen LogP contribution in [0.25, 0.3) is 0 Å². The molecule has 0 saturated heterocycles. The van der Waals surface area contributed by atoms with Gasteiger partial charge < -0.3 is 5.32 Å². The second kappa shape index (κ2) is 6.69. The van der Waals surface area contributed by atoms with Crippen molar-refractivity contribution in [1.82, 2.24) is 5.43 Å². The molecule has 110 valence electrons.